The van der Waals surface area contributed by atoms with Crippen molar-refractivity contribution >= 4 is 23.4 Å². The molecule has 1 fully saturated rings. The van der Waals surface area contributed by atoms with Crippen LogP contribution in [-0.2, 0) is 14.7 Å². The zero-order valence-corrected chi connectivity index (χ0v) is 22.4. The third-order valence-electron chi connectivity index (χ3n) is 8.98. The lowest BCUT2D eigenvalue weighted by Crippen LogP contribution is -2.41. The number of benzene rings is 5. The van der Waals surface area contributed by atoms with E-state index in [2.05, 4.69) is 143 Å². The van der Waals surface area contributed by atoms with Gasteiger partial charge >= 0.3 is 7.12 Å². The van der Waals surface area contributed by atoms with Gasteiger partial charge in [0.1, 0.15) is 0 Å². The second kappa shape index (κ2) is 8.17. The Morgan fingerprint density at radius 2 is 1.05 bits per heavy atom. The molecule has 1 aliphatic heterocycles. The van der Waals surface area contributed by atoms with E-state index in [0.29, 0.717) is 0 Å². The molecule has 1 aliphatic carbocycles. The molecule has 0 bridgehead atoms. The highest BCUT2D eigenvalue weighted by atomic mass is 16.7. The van der Waals surface area contributed by atoms with Gasteiger partial charge in [-0.15, -0.1) is 0 Å². The van der Waals surface area contributed by atoms with Gasteiger partial charge in [-0.3, -0.25) is 0 Å². The Kier molecular flexibility index (Phi) is 5.04. The lowest BCUT2D eigenvalue weighted by molar-refractivity contribution is 0.00578. The molecule has 0 aromatic heterocycles. The monoisotopic (exact) mass is 494 g/mol. The van der Waals surface area contributed by atoms with Gasteiger partial charge in [0.05, 0.1) is 16.6 Å². The van der Waals surface area contributed by atoms with Crippen molar-refractivity contribution in [3.63, 3.8) is 0 Å². The Bertz CT molecular complexity index is 1620. The first-order valence-corrected chi connectivity index (χ1v) is 13.5. The summed E-state index contributed by atoms with van der Waals surface area (Å²) in [6.45, 7) is 8.48. The Morgan fingerprint density at radius 1 is 0.526 bits per heavy atom. The van der Waals surface area contributed by atoms with Crippen LogP contribution in [0.2, 0.25) is 0 Å². The average Bonchev–Trinajstić information content (AvgIpc) is 3.34. The van der Waals surface area contributed by atoms with E-state index in [1.807, 2.05) is 0 Å². The fourth-order valence-corrected chi connectivity index (χ4v) is 6.42. The molecule has 0 unspecified atom stereocenters. The maximum atomic E-state index is 6.64. The second-order valence-electron chi connectivity index (χ2n) is 11.6. The van der Waals surface area contributed by atoms with Gasteiger partial charge in [-0.2, -0.15) is 0 Å². The van der Waals surface area contributed by atoms with Crippen LogP contribution in [0.15, 0.2) is 115 Å². The molecule has 0 radical (unpaired) electrons. The normalized spacial score (nSPS) is 18.4. The maximum absolute atomic E-state index is 6.64. The van der Waals surface area contributed by atoms with Crippen molar-refractivity contribution in [2.75, 3.05) is 0 Å². The van der Waals surface area contributed by atoms with E-state index in [9.17, 15) is 0 Å². The zero-order chi connectivity index (χ0) is 26.1. The summed E-state index contributed by atoms with van der Waals surface area (Å²) in [5.41, 5.74) is 7.35. The highest BCUT2D eigenvalue weighted by Crippen LogP contribution is 2.56. The number of hydrogen-bond donors (Lipinski definition) is 0. The van der Waals surface area contributed by atoms with E-state index in [0.717, 1.165) is 5.46 Å². The third kappa shape index (κ3) is 3.16. The summed E-state index contributed by atoms with van der Waals surface area (Å²) in [6, 6.07) is 42.0. The molecule has 38 heavy (non-hydrogen) atoms. The molecule has 1 saturated heterocycles. The molecule has 1 heterocycles. The predicted octanol–water partition coefficient (Wildman–Crippen LogP) is 7.50. The quantitative estimate of drug-likeness (QED) is 0.237. The largest absolute Gasteiger partial charge is 0.495 e. The van der Waals surface area contributed by atoms with Gasteiger partial charge in [-0.1, -0.05) is 103 Å². The van der Waals surface area contributed by atoms with Crippen molar-refractivity contribution in [1.82, 2.24) is 0 Å². The molecular weight excluding hydrogens is 463 g/mol. The molecule has 0 saturated carbocycles. The van der Waals surface area contributed by atoms with Crippen LogP contribution < -0.4 is 5.46 Å². The Morgan fingerprint density at radius 3 is 1.63 bits per heavy atom. The fraction of sp³-hybridized carbons (Fsp3) is 0.200. The van der Waals surface area contributed by atoms with Crippen LogP contribution in [0.1, 0.15) is 49.9 Å². The maximum Gasteiger partial charge on any atom is 0.495 e. The van der Waals surface area contributed by atoms with Gasteiger partial charge in [0.25, 0.3) is 0 Å². The van der Waals surface area contributed by atoms with Crippen molar-refractivity contribution < 1.29 is 9.31 Å². The molecule has 0 atom stereocenters. The minimum atomic E-state index is -0.461. The molecule has 3 heteroatoms. The summed E-state index contributed by atoms with van der Waals surface area (Å²) in [5, 5.41) is 2.48. The molecule has 0 amide bonds. The van der Waals surface area contributed by atoms with Crippen LogP contribution in [-0.4, -0.2) is 18.3 Å². The van der Waals surface area contributed by atoms with Gasteiger partial charge < -0.3 is 9.31 Å². The number of rotatable bonds is 3. The topological polar surface area (TPSA) is 18.5 Å². The average molecular weight is 494 g/mol. The third-order valence-corrected chi connectivity index (χ3v) is 8.98. The minimum Gasteiger partial charge on any atom is -0.399 e. The SMILES string of the molecule is CC1(C)OB(c2cccc3c2-c2cc4ccccc4cc2C3(c2ccccc2)c2ccccc2)OC1(C)C. The van der Waals surface area contributed by atoms with Crippen molar-refractivity contribution in [2.45, 2.75) is 44.3 Å². The van der Waals surface area contributed by atoms with Crippen LogP contribution in [0, 0.1) is 0 Å². The van der Waals surface area contributed by atoms with Gasteiger partial charge in [0.15, 0.2) is 0 Å². The first-order valence-electron chi connectivity index (χ1n) is 13.5. The van der Waals surface area contributed by atoms with Crippen LogP contribution >= 0.6 is 0 Å². The van der Waals surface area contributed by atoms with Crippen molar-refractivity contribution in [3.8, 4) is 11.1 Å². The lowest BCUT2D eigenvalue weighted by Gasteiger charge is -2.34. The molecule has 0 N–H and O–H groups in total. The molecular formula is C35H31BO2. The fourth-order valence-electron chi connectivity index (χ4n) is 6.42. The van der Waals surface area contributed by atoms with Crippen molar-refractivity contribution in [1.29, 1.82) is 0 Å². The number of fused-ring (bicyclic) bond motifs is 4. The van der Waals surface area contributed by atoms with E-state index in [4.69, 9.17) is 9.31 Å². The molecule has 2 aliphatic rings. The predicted molar refractivity (Wildman–Crippen MR) is 157 cm³/mol. The zero-order valence-electron chi connectivity index (χ0n) is 22.4. The van der Waals surface area contributed by atoms with E-state index >= 15 is 0 Å². The van der Waals surface area contributed by atoms with E-state index in [1.165, 1.54) is 44.2 Å². The summed E-state index contributed by atoms with van der Waals surface area (Å²) in [6.07, 6.45) is 0. The van der Waals surface area contributed by atoms with E-state index < -0.39 is 23.7 Å². The van der Waals surface area contributed by atoms with Gasteiger partial charge in [0.2, 0.25) is 0 Å². The summed E-state index contributed by atoms with van der Waals surface area (Å²) in [7, 11) is -0.448. The first kappa shape index (κ1) is 23.5. The second-order valence-corrected chi connectivity index (χ2v) is 11.6. The Hall–Kier alpha value is -3.66. The van der Waals surface area contributed by atoms with Gasteiger partial charge in [0, 0.05) is 0 Å². The first-order chi connectivity index (χ1) is 18.3. The van der Waals surface area contributed by atoms with Gasteiger partial charge in [-0.05, 0) is 89.4 Å². The lowest BCUT2D eigenvalue weighted by atomic mass is 9.66. The van der Waals surface area contributed by atoms with Crippen LogP contribution in [0.5, 0.6) is 0 Å². The van der Waals surface area contributed by atoms with E-state index in [-0.39, 0.29) is 0 Å². The van der Waals surface area contributed by atoms with Crippen molar-refractivity contribution in [2.24, 2.45) is 0 Å². The minimum absolute atomic E-state index is 0.416. The van der Waals surface area contributed by atoms with Gasteiger partial charge in [-0.25, -0.2) is 0 Å². The summed E-state index contributed by atoms with van der Waals surface area (Å²) in [4.78, 5) is 0. The van der Waals surface area contributed by atoms with Crippen LogP contribution in [0.3, 0.4) is 0 Å². The molecule has 5 aromatic carbocycles. The molecule has 5 aromatic rings. The molecule has 2 nitrogen and oxygen atoms in total. The number of hydrogen-bond acceptors (Lipinski definition) is 2. The van der Waals surface area contributed by atoms with Crippen LogP contribution in [0.25, 0.3) is 21.9 Å². The molecule has 0 spiro atoms. The Balaban J connectivity index is 1.61. The summed E-state index contributed by atoms with van der Waals surface area (Å²) < 4.78 is 13.3. The smallest absolute Gasteiger partial charge is 0.399 e. The molecule has 186 valence electrons. The van der Waals surface area contributed by atoms with Crippen molar-refractivity contribution in [3.05, 3.63) is 138 Å². The molecule has 7 rings (SSSR count). The Labute approximate surface area is 225 Å². The highest BCUT2D eigenvalue weighted by Gasteiger charge is 2.54. The standard InChI is InChI=1S/C35H31BO2/c1-33(2)34(3,4)38-36(37-33)31-21-13-20-29-32(31)28-22-24-14-11-12-15-25(24)23-30(28)35(29,26-16-7-5-8-17-26)27-18-9-6-10-19-27/h5-23H,1-4H3. The highest BCUT2D eigenvalue weighted by molar-refractivity contribution is 6.64. The van der Waals surface area contributed by atoms with E-state index in [1.54, 1.807) is 0 Å². The summed E-state index contributed by atoms with van der Waals surface area (Å²) >= 11 is 0. The summed E-state index contributed by atoms with van der Waals surface area (Å²) in [5.74, 6) is 0. The van der Waals surface area contributed by atoms with Crippen LogP contribution in [0.4, 0.5) is 0 Å².